The van der Waals surface area contributed by atoms with Gasteiger partial charge in [-0.3, -0.25) is 4.98 Å². The van der Waals surface area contributed by atoms with Gasteiger partial charge in [0.1, 0.15) is 0 Å². The highest BCUT2D eigenvalue weighted by atomic mass is 32.2. The Balaban J connectivity index is 2.17. The number of benzene rings is 1. The molecule has 0 aliphatic rings. The second-order valence-corrected chi connectivity index (χ2v) is 7.00. The van der Waals surface area contributed by atoms with E-state index in [-0.39, 0.29) is 11.4 Å². The fourth-order valence-electron chi connectivity index (χ4n) is 1.97. The van der Waals surface area contributed by atoms with E-state index in [1.165, 1.54) is 7.05 Å². The fourth-order valence-corrected chi connectivity index (χ4v) is 3.19. The molecule has 0 radical (unpaired) electrons. The van der Waals surface area contributed by atoms with Crippen LogP contribution in [-0.4, -0.2) is 31.3 Å². The molecule has 0 bridgehead atoms. The first-order chi connectivity index (χ1) is 10.7. The third-order valence-electron chi connectivity index (χ3n) is 3.33. The first kappa shape index (κ1) is 17.4. The van der Waals surface area contributed by atoms with Gasteiger partial charge in [0.05, 0.1) is 10.5 Å². The smallest absolute Gasteiger partial charge is 0.265 e. The molecule has 0 fully saturated rings. The Morgan fingerprint density at radius 1 is 1.13 bits per heavy atom. The molecule has 0 N–H and O–H groups in total. The van der Waals surface area contributed by atoms with Gasteiger partial charge in [-0.1, -0.05) is 6.07 Å². The van der Waals surface area contributed by atoms with E-state index in [1.54, 1.807) is 24.5 Å². The van der Waals surface area contributed by atoms with Crippen LogP contribution in [0, 0.1) is 0 Å². The van der Waals surface area contributed by atoms with E-state index >= 15 is 0 Å². The molecule has 8 heteroatoms. The molecule has 0 amide bonds. The van der Waals surface area contributed by atoms with Gasteiger partial charge in [-0.2, -0.15) is 13.2 Å². The maximum absolute atomic E-state index is 12.7. The number of hydrogen-bond donors (Lipinski definition) is 0. The Morgan fingerprint density at radius 3 is 2.39 bits per heavy atom. The predicted octanol–water partition coefficient (Wildman–Crippen LogP) is 2.96. The van der Waals surface area contributed by atoms with Crippen LogP contribution in [0.1, 0.15) is 11.1 Å². The number of rotatable bonds is 5. The minimum Gasteiger partial charge on any atom is -0.265 e. The lowest BCUT2D eigenvalue weighted by atomic mass is 10.2. The minimum atomic E-state index is -4.58. The van der Waals surface area contributed by atoms with Crippen molar-refractivity contribution in [2.75, 3.05) is 13.6 Å². The molecule has 0 spiro atoms. The number of halogens is 3. The molecular formula is C15H15F3N2O2S. The molecule has 1 aromatic heterocycles. The average Bonchev–Trinajstić information content (AvgIpc) is 2.53. The van der Waals surface area contributed by atoms with Gasteiger partial charge in [-0.15, -0.1) is 0 Å². The Kier molecular flexibility index (Phi) is 5.06. The molecule has 0 saturated heterocycles. The van der Waals surface area contributed by atoms with Gasteiger partial charge in [0.15, 0.2) is 0 Å². The Hall–Kier alpha value is -1.93. The quantitative estimate of drug-likeness (QED) is 0.838. The molecule has 1 heterocycles. The van der Waals surface area contributed by atoms with Crippen molar-refractivity contribution in [1.29, 1.82) is 0 Å². The Labute approximate surface area is 132 Å². The van der Waals surface area contributed by atoms with E-state index in [0.717, 1.165) is 28.1 Å². The highest BCUT2D eigenvalue weighted by Gasteiger charge is 2.32. The van der Waals surface area contributed by atoms with Crippen LogP contribution in [0.15, 0.2) is 53.7 Å². The Morgan fingerprint density at radius 2 is 1.78 bits per heavy atom. The van der Waals surface area contributed by atoms with Gasteiger partial charge >= 0.3 is 6.18 Å². The molecule has 0 aliphatic carbocycles. The van der Waals surface area contributed by atoms with E-state index in [4.69, 9.17) is 0 Å². The van der Waals surface area contributed by atoms with E-state index < -0.39 is 21.8 Å². The number of likely N-dealkylation sites (N-methyl/N-ethyl adjacent to an activating group) is 1. The first-order valence-corrected chi connectivity index (χ1v) is 8.18. The number of nitrogens with zero attached hydrogens (tertiary/aromatic N) is 2. The highest BCUT2D eigenvalue weighted by molar-refractivity contribution is 7.89. The van der Waals surface area contributed by atoms with E-state index in [0.29, 0.717) is 12.5 Å². The summed E-state index contributed by atoms with van der Waals surface area (Å²) in [6.07, 6.45) is -0.953. The molecule has 0 aliphatic heterocycles. The topological polar surface area (TPSA) is 50.3 Å². The summed E-state index contributed by atoms with van der Waals surface area (Å²) in [4.78, 5) is 3.49. The third kappa shape index (κ3) is 4.29. The molecule has 23 heavy (non-hydrogen) atoms. The lowest BCUT2D eigenvalue weighted by Crippen LogP contribution is -2.29. The third-order valence-corrected chi connectivity index (χ3v) is 5.19. The molecule has 2 rings (SSSR count). The summed E-state index contributed by atoms with van der Waals surface area (Å²) in [5.74, 6) is 0. The van der Waals surface area contributed by atoms with E-state index in [1.807, 2.05) is 0 Å². The zero-order valence-corrected chi connectivity index (χ0v) is 13.1. The molecule has 4 nitrogen and oxygen atoms in total. The summed E-state index contributed by atoms with van der Waals surface area (Å²) >= 11 is 0. The van der Waals surface area contributed by atoms with Crippen molar-refractivity contribution >= 4 is 10.0 Å². The monoisotopic (exact) mass is 344 g/mol. The second-order valence-electron chi connectivity index (χ2n) is 4.96. The van der Waals surface area contributed by atoms with Gasteiger partial charge in [0.25, 0.3) is 0 Å². The van der Waals surface area contributed by atoms with Gasteiger partial charge in [0.2, 0.25) is 10.0 Å². The van der Waals surface area contributed by atoms with Crippen molar-refractivity contribution in [2.24, 2.45) is 0 Å². The predicted molar refractivity (Wildman–Crippen MR) is 79.2 cm³/mol. The SMILES string of the molecule is CN(CCc1ccncc1)S(=O)(=O)c1cccc(C(F)(F)F)c1. The van der Waals surface area contributed by atoms with Crippen LogP contribution in [-0.2, 0) is 22.6 Å². The summed E-state index contributed by atoms with van der Waals surface area (Å²) in [6, 6.07) is 7.25. The maximum Gasteiger partial charge on any atom is 0.416 e. The lowest BCUT2D eigenvalue weighted by Gasteiger charge is -2.18. The number of pyridine rings is 1. The van der Waals surface area contributed by atoms with Gasteiger partial charge in [-0.05, 0) is 42.3 Å². The first-order valence-electron chi connectivity index (χ1n) is 6.74. The molecular weight excluding hydrogens is 329 g/mol. The van der Waals surface area contributed by atoms with Crippen molar-refractivity contribution in [3.05, 3.63) is 59.9 Å². The standard InChI is InChI=1S/C15H15F3N2O2S/c1-20(10-7-12-5-8-19-9-6-12)23(21,22)14-4-2-3-13(11-14)15(16,17)18/h2-6,8-9,11H,7,10H2,1H3. The highest BCUT2D eigenvalue weighted by Crippen LogP contribution is 2.31. The van der Waals surface area contributed by atoms with Crippen molar-refractivity contribution in [2.45, 2.75) is 17.5 Å². The molecule has 1 aromatic carbocycles. The molecule has 0 atom stereocenters. The molecule has 0 unspecified atom stereocenters. The van der Waals surface area contributed by atoms with Crippen LogP contribution in [0.4, 0.5) is 13.2 Å². The van der Waals surface area contributed by atoms with Crippen molar-refractivity contribution < 1.29 is 21.6 Å². The minimum absolute atomic E-state index is 0.155. The second kappa shape index (κ2) is 6.67. The zero-order valence-electron chi connectivity index (χ0n) is 12.3. The average molecular weight is 344 g/mol. The van der Waals surface area contributed by atoms with Gasteiger partial charge in [0, 0.05) is 26.0 Å². The molecule has 2 aromatic rings. The van der Waals surface area contributed by atoms with Crippen LogP contribution >= 0.6 is 0 Å². The number of aromatic nitrogens is 1. The lowest BCUT2D eigenvalue weighted by molar-refractivity contribution is -0.137. The number of sulfonamides is 1. The van der Waals surface area contributed by atoms with Crippen LogP contribution in [0.25, 0.3) is 0 Å². The van der Waals surface area contributed by atoms with E-state index in [9.17, 15) is 21.6 Å². The van der Waals surface area contributed by atoms with Gasteiger partial charge in [-0.25, -0.2) is 12.7 Å². The summed E-state index contributed by atoms with van der Waals surface area (Å²) in [6.45, 7) is 0.155. The van der Waals surface area contributed by atoms with Crippen LogP contribution in [0.5, 0.6) is 0 Å². The number of hydrogen-bond acceptors (Lipinski definition) is 3. The van der Waals surface area contributed by atoms with Crippen LogP contribution in [0.3, 0.4) is 0 Å². The summed E-state index contributed by atoms with van der Waals surface area (Å²) < 4.78 is 63.9. The molecule has 124 valence electrons. The van der Waals surface area contributed by atoms with Crippen molar-refractivity contribution in [1.82, 2.24) is 9.29 Å². The van der Waals surface area contributed by atoms with Crippen molar-refractivity contribution in [3.8, 4) is 0 Å². The summed E-state index contributed by atoms with van der Waals surface area (Å²) in [5.41, 5.74) is -0.0906. The zero-order chi connectivity index (χ0) is 17.1. The Bertz CT molecular complexity index is 762. The van der Waals surface area contributed by atoms with Crippen LogP contribution in [0.2, 0.25) is 0 Å². The summed E-state index contributed by atoms with van der Waals surface area (Å²) in [5, 5.41) is 0. The normalized spacial score (nSPS) is 12.6. The van der Waals surface area contributed by atoms with Gasteiger partial charge < -0.3 is 0 Å². The maximum atomic E-state index is 12.7. The molecule has 0 saturated carbocycles. The van der Waals surface area contributed by atoms with Crippen molar-refractivity contribution in [3.63, 3.8) is 0 Å². The summed E-state index contributed by atoms with van der Waals surface area (Å²) in [7, 11) is -2.63. The fraction of sp³-hybridized carbons (Fsp3) is 0.267. The van der Waals surface area contributed by atoms with Crippen LogP contribution < -0.4 is 0 Å². The largest absolute Gasteiger partial charge is 0.416 e. The van der Waals surface area contributed by atoms with E-state index in [2.05, 4.69) is 4.98 Å². The number of alkyl halides is 3.